The van der Waals surface area contributed by atoms with Gasteiger partial charge in [-0.15, -0.1) is 0 Å². The molecule has 18 heavy (non-hydrogen) atoms. The third kappa shape index (κ3) is 4.81. The van der Waals surface area contributed by atoms with Gasteiger partial charge < -0.3 is 5.32 Å². The Balaban J connectivity index is 1.61. The second kappa shape index (κ2) is 7.58. The second-order valence-electron chi connectivity index (χ2n) is 5.63. The lowest BCUT2D eigenvalue weighted by Gasteiger charge is -2.17. The number of hydrogen-bond acceptors (Lipinski definition) is 1. The largest absolute Gasteiger partial charge is 0.314 e. The van der Waals surface area contributed by atoms with Crippen LogP contribution in [0.1, 0.15) is 51.0 Å². The Morgan fingerprint density at radius 3 is 2.61 bits per heavy atom. The molecule has 0 aliphatic heterocycles. The Morgan fingerprint density at radius 1 is 1.17 bits per heavy atom. The molecule has 1 unspecified atom stereocenters. The average Bonchev–Trinajstić information content (AvgIpc) is 3.23. The summed E-state index contributed by atoms with van der Waals surface area (Å²) in [5, 5.41) is 3.73. The number of rotatable bonds is 9. The Bertz CT molecular complexity index is 316. The summed E-state index contributed by atoms with van der Waals surface area (Å²) >= 11 is 0. The van der Waals surface area contributed by atoms with Crippen molar-refractivity contribution >= 4 is 0 Å². The molecule has 0 radical (unpaired) electrons. The molecule has 0 amide bonds. The van der Waals surface area contributed by atoms with Crippen LogP contribution < -0.4 is 5.32 Å². The molecule has 1 heteroatoms. The van der Waals surface area contributed by atoms with Crippen LogP contribution in [0.3, 0.4) is 0 Å². The maximum Gasteiger partial charge on any atom is 0.00953 e. The Hall–Kier alpha value is -0.820. The van der Waals surface area contributed by atoms with Crippen molar-refractivity contribution in [3.63, 3.8) is 0 Å². The third-order valence-electron chi connectivity index (χ3n) is 3.92. The summed E-state index contributed by atoms with van der Waals surface area (Å²) in [5.74, 6) is 0.994. The summed E-state index contributed by atoms with van der Waals surface area (Å²) in [5.41, 5.74) is 1.49. The number of benzene rings is 1. The van der Waals surface area contributed by atoms with Gasteiger partial charge in [-0.3, -0.25) is 0 Å². The van der Waals surface area contributed by atoms with E-state index in [1.54, 1.807) is 0 Å². The van der Waals surface area contributed by atoms with Gasteiger partial charge in [-0.2, -0.15) is 0 Å². The zero-order valence-electron chi connectivity index (χ0n) is 11.7. The van der Waals surface area contributed by atoms with Gasteiger partial charge in [0.15, 0.2) is 0 Å². The topological polar surface area (TPSA) is 12.0 Å². The molecule has 0 saturated heterocycles. The van der Waals surface area contributed by atoms with Crippen LogP contribution in [0.15, 0.2) is 30.3 Å². The molecule has 0 heterocycles. The second-order valence-corrected chi connectivity index (χ2v) is 5.63. The molecule has 1 aliphatic rings. The fourth-order valence-electron chi connectivity index (χ4n) is 2.67. The highest BCUT2D eigenvalue weighted by atomic mass is 14.9. The van der Waals surface area contributed by atoms with E-state index in [4.69, 9.17) is 0 Å². The normalized spacial score (nSPS) is 16.7. The summed E-state index contributed by atoms with van der Waals surface area (Å²) in [4.78, 5) is 0. The zero-order chi connectivity index (χ0) is 12.6. The van der Waals surface area contributed by atoms with Gasteiger partial charge in [0.1, 0.15) is 0 Å². The SMILES string of the molecule is CCCNC(CCCCc1ccccc1)C1CC1. The molecule has 1 saturated carbocycles. The molecule has 1 aromatic carbocycles. The molecule has 0 spiro atoms. The van der Waals surface area contributed by atoms with Gasteiger partial charge in [0.25, 0.3) is 0 Å². The molecule has 0 bridgehead atoms. The Kier molecular flexibility index (Phi) is 5.73. The molecule has 100 valence electrons. The van der Waals surface area contributed by atoms with Crippen LogP contribution in [0.2, 0.25) is 0 Å². The van der Waals surface area contributed by atoms with Crippen molar-refractivity contribution in [1.29, 1.82) is 0 Å². The molecule has 1 fully saturated rings. The van der Waals surface area contributed by atoms with Crippen molar-refractivity contribution in [3.8, 4) is 0 Å². The van der Waals surface area contributed by atoms with E-state index < -0.39 is 0 Å². The maximum absolute atomic E-state index is 3.73. The number of nitrogens with one attached hydrogen (secondary N) is 1. The van der Waals surface area contributed by atoms with Gasteiger partial charge in [0.05, 0.1) is 0 Å². The van der Waals surface area contributed by atoms with E-state index >= 15 is 0 Å². The minimum Gasteiger partial charge on any atom is -0.314 e. The van der Waals surface area contributed by atoms with Crippen LogP contribution in [0.4, 0.5) is 0 Å². The lowest BCUT2D eigenvalue weighted by Crippen LogP contribution is -2.31. The molecule has 1 aliphatic carbocycles. The van der Waals surface area contributed by atoms with Gasteiger partial charge in [-0.25, -0.2) is 0 Å². The van der Waals surface area contributed by atoms with Gasteiger partial charge >= 0.3 is 0 Å². The van der Waals surface area contributed by atoms with Crippen LogP contribution in [0.25, 0.3) is 0 Å². The minimum atomic E-state index is 0.806. The van der Waals surface area contributed by atoms with E-state index in [0.29, 0.717) is 0 Å². The standard InChI is InChI=1S/C17H27N/c1-2-14-18-17(16-12-13-16)11-7-6-10-15-8-4-3-5-9-15/h3-5,8-9,16-18H,2,6-7,10-14H2,1H3. The quantitative estimate of drug-likeness (QED) is 0.644. The highest BCUT2D eigenvalue weighted by Crippen LogP contribution is 2.34. The first-order valence-corrected chi connectivity index (χ1v) is 7.67. The maximum atomic E-state index is 3.73. The van der Waals surface area contributed by atoms with E-state index in [1.807, 2.05) is 0 Å². The molecule has 1 atom stereocenters. The Labute approximate surface area is 112 Å². The van der Waals surface area contributed by atoms with Crippen LogP contribution >= 0.6 is 0 Å². The molecular weight excluding hydrogens is 218 g/mol. The number of aryl methyl sites for hydroxylation is 1. The van der Waals surface area contributed by atoms with Crippen LogP contribution in [0.5, 0.6) is 0 Å². The summed E-state index contributed by atoms with van der Waals surface area (Å²) in [6.45, 7) is 3.45. The fraction of sp³-hybridized carbons (Fsp3) is 0.647. The third-order valence-corrected chi connectivity index (χ3v) is 3.92. The van der Waals surface area contributed by atoms with Crippen molar-refractivity contribution in [2.75, 3.05) is 6.54 Å². The molecule has 0 aromatic heterocycles. The lowest BCUT2D eigenvalue weighted by atomic mass is 10.0. The van der Waals surface area contributed by atoms with E-state index in [-0.39, 0.29) is 0 Å². The van der Waals surface area contributed by atoms with Gasteiger partial charge in [0, 0.05) is 6.04 Å². The van der Waals surface area contributed by atoms with E-state index in [9.17, 15) is 0 Å². The number of unbranched alkanes of at least 4 members (excludes halogenated alkanes) is 1. The summed E-state index contributed by atoms with van der Waals surface area (Å²) in [6.07, 6.45) is 9.49. The first-order chi connectivity index (χ1) is 8.90. The zero-order valence-corrected chi connectivity index (χ0v) is 11.7. The number of hydrogen-bond donors (Lipinski definition) is 1. The fourth-order valence-corrected chi connectivity index (χ4v) is 2.67. The predicted octanol–water partition coefficient (Wildman–Crippen LogP) is 4.18. The average molecular weight is 245 g/mol. The van der Waals surface area contributed by atoms with Crippen molar-refractivity contribution in [2.45, 2.75) is 57.9 Å². The Morgan fingerprint density at radius 2 is 1.94 bits per heavy atom. The van der Waals surface area contributed by atoms with Crippen molar-refractivity contribution in [3.05, 3.63) is 35.9 Å². The van der Waals surface area contributed by atoms with Crippen LogP contribution in [-0.2, 0) is 6.42 Å². The molecule has 1 N–H and O–H groups in total. The summed E-state index contributed by atoms with van der Waals surface area (Å²) in [6, 6.07) is 11.7. The molecule has 1 nitrogen and oxygen atoms in total. The molecule has 1 aromatic rings. The monoisotopic (exact) mass is 245 g/mol. The highest BCUT2D eigenvalue weighted by Gasteiger charge is 2.29. The van der Waals surface area contributed by atoms with Gasteiger partial charge in [-0.1, -0.05) is 43.7 Å². The van der Waals surface area contributed by atoms with E-state index in [2.05, 4.69) is 42.6 Å². The first kappa shape index (κ1) is 13.6. The first-order valence-electron chi connectivity index (χ1n) is 7.67. The van der Waals surface area contributed by atoms with Crippen LogP contribution in [0, 0.1) is 5.92 Å². The van der Waals surface area contributed by atoms with E-state index in [0.717, 1.165) is 12.0 Å². The van der Waals surface area contributed by atoms with Crippen molar-refractivity contribution in [2.24, 2.45) is 5.92 Å². The summed E-state index contributed by atoms with van der Waals surface area (Å²) in [7, 11) is 0. The van der Waals surface area contributed by atoms with Gasteiger partial charge in [0.2, 0.25) is 0 Å². The molecular formula is C17H27N. The van der Waals surface area contributed by atoms with Crippen molar-refractivity contribution < 1.29 is 0 Å². The summed E-state index contributed by atoms with van der Waals surface area (Å²) < 4.78 is 0. The minimum absolute atomic E-state index is 0.806. The highest BCUT2D eigenvalue weighted by molar-refractivity contribution is 5.14. The predicted molar refractivity (Wildman–Crippen MR) is 78.8 cm³/mol. The lowest BCUT2D eigenvalue weighted by molar-refractivity contribution is 0.420. The van der Waals surface area contributed by atoms with Crippen LogP contribution in [-0.4, -0.2) is 12.6 Å². The van der Waals surface area contributed by atoms with Crippen molar-refractivity contribution in [1.82, 2.24) is 5.32 Å². The molecule has 2 rings (SSSR count). The smallest absolute Gasteiger partial charge is 0.00953 e. The van der Waals surface area contributed by atoms with E-state index in [1.165, 1.54) is 57.1 Å². The van der Waals surface area contributed by atoms with Gasteiger partial charge in [-0.05, 0) is 56.6 Å².